The highest BCUT2D eigenvalue weighted by molar-refractivity contribution is 9.10. The van der Waals surface area contributed by atoms with Crippen LogP contribution in [0.25, 0.3) is 0 Å². The van der Waals surface area contributed by atoms with Crippen molar-refractivity contribution < 1.29 is 13.2 Å². The van der Waals surface area contributed by atoms with Crippen molar-refractivity contribution in [1.29, 1.82) is 5.41 Å². The summed E-state index contributed by atoms with van der Waals surface area (Å²) in [5, 5.41) is 10.7. The summed E-state index contributed by atoms with van der Waals surface area (Å²) in [6.07, 6.45) is -4.58. The predicted molar refractivity (Wildman–Crippen MR) is 78.9 cm³/mol. The molecular formula is C14H11BrF3N3. The van der Waals surface area contributed by atoms with E-state index >= 15 is 0 Å². The third-order valence-corrected chi connectivity index (χ3v) is 3.25. The molecule has 1 aromatic carbocycles. The maximum atomic E-state index is 13.2. The first-order valence-corrected chi connectivity index (χ1v) is 6.73. The Morgan fingerprint density at radius 1 is 1.24 bits per heavy atom. The molecule has 2 N–H and O–H groups in total. The number of hydrogen-bond acceptors (Lipinski definition) is 3. The summed E-state index contributed by atoms with van der Waals surface area (Å²) in [5.74, 6) is 0.00514. The average molecular weight is 358 g/mol. The number of rotatable bonds is 3. The van der Waals surface area contributed by atoms with Crippen LogP contribution in [-0.4, -0.2) is 17.7 Å². The van der Waals surface area contributed by atoms with E-state index in [2.05, 4.69) is 26.2 Å². The van der Waals surface area contributed by atoms with E-state index in [0.717, 1.165) is 6.07 Å². The van der Waals surface area contributed by atoms with Crippen molar-refractivity contribution in [2.45, 2.75) is 6.18 Å². The van der Waals surface area contributed by atoms with Crippen LogP contribution in [0.3, 0.4) is 0 Å². The Morgan fingerprint density at radius 3 is 2.38 bits per heavy atom. The SMILES string of the molecule is CNc1nc(Br)cc(C(F)(F)F)c1C(=N)c1ccccc1. The van der Waals surface area contributed by atoms with Gasteiger partial charge < -0.3 is 5.32 Å². The summed E-state index contributed by atoms with van der Waals surface area (Å²) in [6, 6.07) is 9.13. The second kappa shape index (κ2) is 5.85. The monoisotopic (exact) mass is 357 g/mol. The van der Waals surface area contributed by atoms with Crippen molar-refractivity contribution in [2.24, 2.45) is 0 Å². The van der Waals surface area contributed by atoms with E-state index in [4.69, 9.17) is 5.41 Å². The molecule has 7 heteroatoms. The van der Waals surface area contributed by atoms with E-state index in [1.54, 1.807) is 30.3 Å². The lowest BCUT2D eigenvalue weighted by Crippen LogP contribution is -2.17. The number of aromatic nitrogens is 1. The molecule has 0 fully saturated rings. The highest BCUT2D eigenvalue weighted by atomic mass is 79.9. The number of benzene rings is 1. The van der Waals surface area contributed by atoms with Crippen LogP contribution < -0.4 is 5.32 Å². The fourth-order valence-electron chi connectivity index (χ4n) is 1.92. The maximum Gasteiger partial charge on any atom is 0.417 e. The minimum absolute atomic E-state index is 0.00514. The molecule has 0 saturated carbocycles. The van der Waals surface area contributed by atoms with Crippen molar-refractivity contribution in [3.05, 3.63) is 57.7 Å². The predicted octanol–water partition coefficient (Wildman–Crippen LogP) is 4.32. The number of hydrogen-bond donors (Lipinski definition) is 2. The first-order chi connectivity index (χ1) is 9.84. The lowest BCUT2D eigenvalue weighted by molar-refractivity contribution is -0.137. The molecule has 2 rings (SSSR count). The molecular weight excluding hydrogens is 347 g/mol. The molecule has 0 unspecified atom stereocenters. The molecule has 0 spiro atoms. The molecule has 1 heterocycles. The Kier molecular flexibility index (Phi) is 4.32. The van der Waals surface area contributed by atoms with E-state index < -0.39 is 11.7 Å². The van der Waals surface area contributed by atoms with Gasteiger partial charge in [-0.2, -0.15) is 13.2 Å². The highest BCUT2D eigenvalue weighted by Gasteiger charge is 2.36. The van der Waals surface area contributed by atoms with E-state index in [9.17, 15) is 13.2 Å². The molecule has 0 saturated heterocycles. The van der Waals surface area contributed by atoms with E-state index in [1.807, 2.05) is 0 Å². The molecule has 0 aliphatic rings. The van der Waals surface area contributed by atoms with Gasteiger partial charge in [-0.25, -0.2) is 4.98 Å². The molecule has 0 bridgehead atoms. The van der Waals surface area contributed by atoms with Gasteiger partial charge in [0, 0.05) is 12.6 Å². The number of pyridine rings is 1. The minimum Gasteiger partial charge on any atom is -0.373 e. The summed E-state index contributed by atoms with van der Waals surface area (Å²) in [4.78, 5) is 3.98. The molecule has 0 atom stereocenters. The largest absolute Gasteiger partial charge is 0.417 e. The highest BCUT2D eigenvalue weighted by Crippen LogP contribution is 2.37. The Labute approximate surface area is 127 Å². The Morgan fingerprint density at radius 2 is 1.86 bits per heavy atom. The van der Waals surface area contributed by atoms with Gasteiger partial charge in [0.05, 0.1) is 16.8 Å². The van der Waals surface area contributed by atoms with Crippen LogP contribution in [0.1, 0.15) is 16.7 Å². The van der Waals surface area contributed by atoms with Crippen LogP contribution in [0.4, 0.5) is 19.0 Å². The van der Waals surface area contributed by atoms with Gasteiger partial charge in [-0.05, 0) is 22.0 Å². The Hall–Kier alpha value is -1.89. The fourth-order valence-corrected chi connectivity index (χ4v) is 2.33. The average Bonchev–Trinajstić information content (AvgIpc) is 2.45. The molecule has 3 nitrogen and oxygen atoms in total. The Bertz CT molecular complexity index is 669. The van der Waals surface area contributed by atoms with Crippen molar-refractivity contribution in [3.8, 4) is 0 Å². The van der Waals surface area contributed by atoms with Crippen LogP contribution in [-0.2, 0) is 6.18 Å². The second-order valence-electron chi connectivity index (χ2n) is 4.20. The molecule has 2 aromatic rings. The lowest BCUT2D eigenvalue weighted by atomic mass is 9.98. The van der Waals surface area contributed by atoms with Gasteiger partial charge in [0.25, 0.3) is 0 Å². The van der Waals surface area contributed by atoms with Crippen molar-refractivity contribution >= 4 is 27.5 Å². The van der Waals surface area contributed by atoms with Crippen molar-refractivity contribution in [1.82, 2.24) is 4.98 Å². The van der Waals surface area contributed by atoms with Crippen LogP contribution in [0.5, 0.6) is 0 Å². The molecule has 0 amide bonds. The van der Waals surface area contributed by atoms with Crippen LogP contribution in [0, 0.1) is 5.41 Å². The van der Waals surface area contributed by atoms with Gasteiger partial charge in [-0.3, -0.25) is 5.41 Å². The molecule has 0 aliphatic heterocycles. The van der Waals surface area contributed by atoms with Crippen LogP contribution in [0.15, 0.2) is 41.0 Å². The fraction of sp³-hybridized carbons (Fsp3) is 0.143. The third kappa shape index (κ3) is 3.24. The van der Waals surface area contributed by atoms with Crippen molar-refractivity contribution in [2.75, 3.05) is 12.4 Å². The number of anilines is 1. The minimum atomic E-state index is -4.58. The summed E-state index contributed by atoms with van der Waals surface area (Å²) in [6.45, 7) is 0. The van der Waals surface area contributed by atoms with Gasteiger partial charge in [-0.1, -0.05) is 30.3 Å². The van der Waals surface area contributed by atoms with Gasteiger partial charge in [0.2, 0.25) is 0 Å². The zero-order chi connectivity index (χ0) is 15.6. The molecule has 0 radical (unpaired) electrons. The smallest absolute Gasteiger partial charge is 0.373 e. The maximum absolute atomic E-state index is 13.2. The number of nitrogens with zero attached hydrogens (tertiary/aromatic N) is 1. The number of nitrogens with one attached hydrogen (secondary N) is 2. The van der Waals surface area contributed by atoms with E-state index in [1.165, 1.54) is 7.05 Å². The third-order valence-electron chi connectivity index (χ3n) is 2.84. The molecule has 110 valence electrons. The normalized spacial score (nSPS) is 11.3. The van der Waals surface area contributed by atoms with Gasteiger partial charge in [0.1, 0.15) is 10.4 Å². The summed E-state index contributed by atoms with van der Waals surface area (Å²) in [5.41, 5.74) is -1.00. The standard InChI is InChI=1S/C14H11BrF3N3/c1-20-13-11(12(19)8-5-3-2-4-6-8)9(14(16,17)18)7-10(15)21-13/h2-7,19H,1H3,(H,20,21). The molecule has 0 aliphatic carbocycles. The zero-order valence-corrected chi connectivity index (χ0v) is 12.5. The van der Waals surface area contributed by atoms with Gasteiger partial charge in [0.15, 0.2) is 0 Å². The van der Waals surface area contributed by atoms with Crippen LogP contribution >= 0.6 is 15.9 Å². The quantitative estimate of drug-likeness (QED) is 0.634. The first kappa shape index (κ1) is 15.5. The van der Waals surface area contributed by atoms with E-state index in [0.29, 0.717) is 5.56 Å². The van der Waals surface area contributed by atoms with Crippen LogP contribution in [0.2, 0.25) is 0 Å². The number of halogens is 4. The second-order valence-corrected chi connectivity index (χ2v) is 5.02. The number of alkyl halides is 3. The molecule has 21 heavy (non-hydrogen) atoms. The summed E-state index contributed by atoms with van der Waals surface area (Å²) >= 11 is 2.96. The Balaban J connectivity index is 2.69. The van der Waals surface area contributed by atoms with E-state index in [-0.39, 0.29) is 21.7 Å². The molecule has 1 aromatic heterocycles. The van der Waals surface area contributed by atoms with Gasteiger partial charge >= 0.3 is 6.18 Å². The van der Waals surface area contributed by atoms with Crippen molar-refractivity contribution in [3.63, 3.8) is 0 Å². The summed E-state index contributed by atoms with van der Waals surface area (Å²) in [7, 11) is 1.47. The topological polar surface area (TPSA) is 48.8 Å². The first-order valence-electron chi connectivity index (χ1n) is 5.94. The lowest BCUT2D eigenvalue weighted by Gasteiger charge is -2.17. The zero-order valence-electron chi connectivity index (χ0n) is 10.9. The van der Waals surface area contributed by atoms with Gasteiger partial charge in [-0.15, -0.1) is 0 Å². The summed E-state index contributed by atoms with van der Waals surface area (Å²) < 4.78 is 39.8.